The van der Waals surface area contributed by atoms with Gasteiger partial charge < -0.3 is 10.6 Å². The summed E-state index contributed by atoms with van der Waals surface area (Å²) in [7, 11) is 0. The van der Waals surface area contributed by atoms with Crippen molar-refractivity contribution in [2.45, 2.75) is 6.92 Å². The summed E-state index contributed by atoms with van der Waals surface area (Å²) >= 11 is 5.75. The van der Waals surface area contributed by atoms with E-state index in [2.05, 4.69) is 10.6 Å². The van der Waals surface area contributed by atoms with E-state index in [0.717, 1.165) is 6.07 Å². The zero-order valence-corrected chi connectivity index (χ0v) is 11.9. The Hall–Kier alpha value is -2.40. The third-order valence-corrected chi connectivity index (χ3v) is 2.85. The molecule has 2 N–H and O–H groups in total. The average molecular weight is 307 g/mol. The number of carbonyl (C=O) groups is 2. The van der Waals surface area contributed by atoms with Crippen molar-refractivity contribution in [3.8, 4) is 0 Å². The quantitative estimate of drug-likeness (QED) is 0.908. The zero-order valence-electron chi connectivity index (χ0n) is 11.1. The third kappa shape index (κ3) is 4.03. The lowest BCUT2D eigenvalue weighted by molar-refractivity contribution is -0.114. The van der Waals surface area contributed by atoms with Crippen LogP contribution in [0.1, 0.15) is 17.3 Å². The fourth-order valence-corrected chi connectivity index (χ4v) is 1.92. The molecule has 0 heterocycles. The van der Waals surface area contributed by atoms with E-state index in [0.29, 0.717) is 11.4 Å². The predicted molar refractivity (Wildman–Crippen MR) is 80.1 cm³/mol. The molecule has 0 saturated heterocycles. The van der Waals surface area contributed by atoms with Crippen LogP contribution in [0, 0.1) is 5.82 Å². The predicted octanol–water partition coefficient (Wildman–Crippen LogP) is 3.69. The minimum atomic E-state index is -0.657. The molecule has 2 aromatic carbocycles. The molecule has 0 aliphatic heterocycles. The lowest BCUT2D eigenvalue weighted by atomic mass is 10.2. The van der Waals surface area contributed by atoms with Crippen molar-refractivity contribution < 1.29 is 14.0 Å². The van der Waals surface area contributed by atoms with Crippen molar-refractivity contribution >= 4 is 34.8 Å². The molecule has 4 nitrogen and oxygen atoms in total. The lowest BCUT2D eigenvalue weighted by Gasteiger charge is -2.08. The van der Waals surface area contributed by atoms with Crippen LogP contribution in [0.15, 0.2) is 42.5 Å². The molecule has 21 heavy (non-hydrogen) atoms. The average Bonchev–Trinajstić information content (AvgIpc) is 2.41. The van der Waals surface area contributed by atoms with E-state index in [1.807, 2.05) is 0 Å². The summed E-state index contributed by atoms with van der Waals surface area (Å²) in [6.45, 7) is 1.38. The smallest absolute Gasteiger partial charge is 0.258 e. The number of hydrogen-bond acceptors (Lipinski definition) is 2. The summed E-state index contributed by atoms with van der Waals surface area (Å²) in [5, 5.41) is 5.42. The van der Waals surface area contributed by atoms with Crippen LogP contribution in [-0.4, -0.2) is 11.8 Å². The van der Waals surface area contributed by atoms with Gasteiger partial charge in [-0.15, -0.1) is 0 Å². The van der Waals surface area contributed by atoms with Crippen molar-refractivity contribution in [1.82, 2.24) is 0 Å². The first-order chi connectivity index (χ1) is 9.95. The molecular formula is C15H12ClFN2O2. The second-order valence-corrected chi connectivity index (χ2v) is 4.78. The van der Waals surface area contributed by atoms with E-state index < -0.39 is 11.7 Å². The van der Waals surface area contributed by atoms with Crippen LogP contribution in [0.2, 0.25) is 5.02 Å². The maximum atomic E-state index is 13.6. The van der Waals surface area contributed by atoms with Gasteiger partial charge in [0, 0.05) is 23.3 Å². The minimum absolute atomic E-state index is 0.146. The largest absolute Gasteiger partial charge is 0.326 e. The Morgan fingerprint density at radius 2 is 1.71 bits per heavy atom. The number of nitrogens with one attached hydrogen (secondary N) is 2. The van der Waals surface area contributed by atoms with Gasteiger partial charge in [-0.1, -0.05) is 17.7 Å². The number of halogens is 2. The van der Waals surface area contributed by atoms with Crippen molar-refractivity contribution in [1.29, 1.82) is 0 Å². The highest BCUT2D eigenvalue weighted by atomic mass is 35.5. The summed E-state index contributed by atoms with van der Waals surface area (Å²) in [5.41, 5.74) is 0.824. The Morgan fingerprint density at radius 1 is 1.05 bits per heavy atom. The Morgan fingerprint density at radius 3 is 2.38 bits per heavy atom. The summed E-state index contributed by atoms with van der Waals surface area (Å²) in [4.78, 5) is 23.0. The molecule has 0 bridgehead atoms. The van der Waals surface area contributed by atoms with Gasteiger partial charge in [0.1, 0.15) is 5.82 Å². The van der Waals surface area contributed by atoms with Crippen LogP contribution in [0.5, 0.6) is 0 Å². The van der Waals surface area contributed by atoms with Crippen molar-refractivity contribution in [3.63, 3.8) is 0 Å². The molecule has 6 heteroatoms. The number of anilines is 2. The van der Waals surface area contributed by atoms with Crippen molar-refractivity contribution in [2.24, 2.45) is 0 Å². The number of hydrogen-bond donors (Lipinski definition) is 2. The Balaban J connectivity index is 2.19. The topological polar surface area (TPSA) is 58.2 Å². The SMILES string of the molecule is CC(=O)Nc1cccc(NC(=O)c2cc(Cl)ccc2F)c1. The molecule has 0 spiro atoms. The highest BCUT2D eigenvalue weighted by molar-refractivity contribution is 6.31. The standard InChI is InChI=1S/C15H12ClFN2O2/c1-9(20)18-11-3-2-4-12(8-11)19-15(21)13-7-10(16)5-6-14(13)17/h2-8H,1H3,(H,18,20)(H,19,21). The summed E-state index contributed by atoms with van der Waals surface area (Å²) in [5.74, 6) is -1.50. The van der Waals surface area contributed by atoms with Gasteiger partial charge in [-0.05, 0) is 36.4 Å². The van der Waals surface area contributed by atoms with E-state index in [1.54, 1.807) is 24.3 Å². The fraction of sp³-hybridized carbons (Fsp3) is 0.0667. The van der Waals surface area contributed by atoms with Gasteiger partial charge in [0.15, 0.2) is 0 Å². The molecular weight excluding hydrogens is 295 g/mol. The summed E-state index contributed by atoms with van der Waals surface area (Å²) < 4.78 is 13.6. The van der Waals surface area contributed by atoms with Gasteiger partial charge in [-0.3, -0.25) is 9.59 Å². The van der Waals surface area contributed by atoms with Crippen LogP contribution in [0.4, 0.5) is 15.8 Å². The number of amides is 2. The van der Waals surface area contributed by atoms with Gasteiger partial charge in [0.25, 0.3) is 5.91 Å². The summed E-state index contributed by atoms with van der Waals surface area (Å²) in [6.07, 6.45) is 0. The van der Waals surface area contributed by atoms with Crippen LogP contribution in [0.25, 0.3) is 0 Å². The number of rotatable bonds is 3. The molecule has 108 valence electrons. The highest BCUT2D eigenvalue weighted by Gasteiger charge is 2.12. The molecule has 0 atom stereocenters. The molecule has 0 aliphatic rings. The molecule has 2 amide bonds. The van der Waals surface area contributed by atoms with Crippen molar-refractivity contribution in [2.75, 3.05) is 10.6 Å². The van der Waals surface area contributed by atoms with Crippen LogP contribution in [0.3, 0.4) is 0 Å². The van der Waals surface area contributed by atoms with E-state index in [4.69, 9.17) is 11.6 Å². The molecule has 0 unspecified atom stereocenters. The maximum Gasteiger partial charge on any atom is 0.258 e. The molecule has 2 rings (SSSR count). The van der Waals surface area contributed by atoms with E-state index in [9.17, 15) is 14.0 Å². The Bertz CT molecular complexity index is 704. The van der Waals surface area contributed by atoms with Crippen LogP contribution in [-0.2, 0) is 4.79 Å². The van der Waals surface area contributed by atoms with E-state index in [-0.39, 0.29) is 16.5 Å². The highest BCUT2D eigenvalue weighted by Crippen LogP contribution is 2.19. The molecule has 0 radical (unpaired) electrons. The number of carbonyl (C=O) groups excluding carboxylic acids is 2. The first-order valence-corrected chi connectivity index (χ1v) is 6.47. The second kappa shape index (κ2) is 6.37. The van der Waals surface area contributed by atoms with Gasteiger partial charge in [-0.25, -0.2) is 4.39 Å². The Labute approximate surface area is 125 Å². The van der Waals surface area contributed by atoms with Crippen LogP contribution >= 0.6 is 11.6 Å². The normalized spacial score (nSPS) is 10.0. The van der Waals surface area contributed by atoms with E-state index in [1.165, 1.54) is 19.1 Å². The second-order valence-electron chi connectivity index (χ2n) is 4.34. The van der Waals surface area contributed by atoms with Gasteiger partial charge in [-0.2, -0.15) is 0 Å². The first kappa shape index (κ1) is 15.0. The Kier molecular flexibility index (Phi) is 4.55. The van der Waals surface area contributed by atoms with Crippen LogP contribution < -0.4 is 10.6 Å². The molecule has 0 saturated carbocycles. The first-order valence-electron chi connectivity index (χ1n) is 6.10. The molecule has 2 aromatic rings. The van der Waals surface area contributed by atoms with Gasteiger partial charge >= 0.3 is 0 Å². The summed E-state index contributed by atoms with van der Waals surface area (Å²) in [6, 6.07) is 10.3. The lowest BCUT2D eigenvalue weighted by Crippen LogP contribution is -2.14. The molecule has 0 aromatic heterocycles. The van der Waals surface area contributed by atoms with E-state index >= 15 is 0 Å². The molecule has 0 fully saturated rings. The van der Waals surface area contributed by atoms with Gasteiger partial charge in [0.2, 0.25) is 5.91 Å². The fourth-order valence-electron chi connectivity index (χ4n) is 1.75. The molecule has 0 aliphatic carbocycles. The third-order valence-electron chi connectivity index (χ3n) is 2.61. The minimum Gasteiger partial charge on any atom is -0.326 e. The maximum absolute atomic E-state index is 13.6. The van der Waals surface area contributed by atoms with Gasteiger partial charge in [0.05, 0.1) is 5.56 Å². The zero-order chi connectivity index (χ0) is 15.4. The monoisotopic (exact) mass is 306 g/mol. The number of benzene rings is 2. The van der Waals surface area contributed by atoms with Crippen molar-refractivity contribution in [3.05, 3.63) is 58.9 Å².